The van der Waals surface area contributed by atoms with E-state index in [0.717, 1.165) is 15.8 Å². The van der Waals surface area contributed by atoms with E-state index in [2.05, 4.69) is 10.4 Å². The number of nitrogens with zero attached hydrogens (tertiary/aromatic N) is 2. The largest absolute Gasteiger partial charge is 0.433 e. The van der Waals surface area contributed by atoms with Crippen molar-refractivity contribution in [1.29, 1.82) is 0 Å². The Morgan fingerprint density at radius 3 is 2.43 bits per heavy atom. The van der Waals surface area contributed by atoms with E-state index in [-0.39, 0.29) is 18.7 Å². The lowest BCUT2D eigenvalue weighted by atomic mass is 10.1. The van der Waals surface area contributed by atoms with Gasteiger partial charge in [0.05, 0.1) is 12.7 Å². The Balaban J connectivity index is 2.30. The van der Waals surface area contributed by atoms with Crippen LogP contribution < -0.4 is 5.32 Å². The Hall–Kier alpha value is -1.82. The number of benzene rings is 1. The predicted octanol–water partition coefficient (Wildman–Crippen LogP) is 3.37. The van der Waals surface area contributed by atoms with Gasteiger partial charge < -0.3 is 5.32 Å². The van der Waals surface area contributed by atoms with Gasteiger partial charge in [0.25, 0.3) is 0 Å². The normalized spacial score (nSPS) is 11.9. The lowest BCUT2D eigenvalue weighted by Gasteiger charge is -2.13. The Morgan fingerprint density at radius 2 is 1.86 bits per heavy atom. The molecule has 0 amide bonds. The van der Waals surface area contributed by atoms with Crippen molar-refractivity contribution in [3.05, 3.63) is 52.8 Å². The molecule has 3 nitrogen and oxygen atoms in total. The first-order valence-corrected chi connectivity index (χ1v) is 6.80. The Bertz CT molecular complexity index is 585. The zero-order valence-corrected chi connectivity index (χ0v) is 12.0. The highest BCUT2D eigenvalue weighted by Crippen LogP contribution is 2.32. The van der Waals surface area contributed by atoms with Gasteiger partial charge in [0.15, 0.2) is 0 Å². The monoisotopic (exact) mass is 297 g/mol. The van der Waals surface area contributed by atoms with Crippen LogP contribution in [0.1, 0.15) is 29.3 Å². The molecule has 0 bridgehead atoms. The lowest BCUT2D eigenvalue weighted by molar-refractivity contribution is -0.144. The zero-order chi connectivity index (χ0) is 15.5. The lowest BCUT2D eigenvalue weighted by Crippen LogP contribution is -2.20. The van der Waals surface area contributed by atoms with Crippen LogP contribution in [0.25, 0.3) is 0 Å². The molecule has 2 aromatic rings. The van der Waals surface area contributed by atoms with Crippen molar-refractivity contribution >= 4 is 0 Å². The fourth-order valence-corrected chi connectivity index (χ4v) is 2.13. The summed E-state index contributed by atoms with van der Waals surface area (Å²) < 4.78 is 40.8. The highest BCUT2D eigenvalue weighted by atomic mass is 19.4. The van der Waals surface area contributed by atoms with Crippen LogP contribution in [-0.4, -0.2) is 16.3 Å². The van der Waals surface area contributed by atoms with Gasteiger partial charge in [-0.25, -0.2) is 0 Å². The van der Waals surface area contributed by atoms with Crippen molar-refractivity contribution in [2.24, 2.45) is 0 Å². The molecule has 0 atom stereocenters. The van der Waals surface area contributed by atoms with Crippen molar-refractivity contribution < 1.29 is 13.2 Å². The van der Waals surface area contributed by atoms with Gasteiger partial charge in [0, 0.05) is 12.1 Å². The van der Waals surface area contributed by atoms with Crippen molar-refractivity contribution in [2.45, 2.75) is 33.1 Å². The minimum absolute atomic E-state index is 0.112. The molecule has 1 aromatic heterocycles. The van der Waals surface area contributed by atoms with Crippen LogP contribution in [0.2, 0.25) is 0 Å². The van der Waals surface area contributed by atoms with E-state index in [1.54, 1.807) is 0 Å². The molecule has 1 aromatic carbocycles. The summed E-state index contributed by atoms with van der Waals surface area (Å²) in [4.78, 5) is 0. The SMILES string of the molecule is CCNCc1cnn(Cc2ccc(C)cc2)c1C(F)(F)F. The summed E-state index contributed by atoms with van der Waals surface area (Å²) in [5.41, 5.74) is 1.37. The first-order chi connectivity index (χ1) is 9.91. The Labute approximate surface area is 121 Å². The molecule has 0 fully saturated rings. The highest BCUT2D eigenvalue weighted by molar-refractivity contribution is 5.25. The molecular weight excluding hydrogens is 279 g/mol. The molecule has 21 heavy (non-hydrogen) atoms. The fraction of sp³-hybridized carbons (Fsp3) is 0.400. The molecule has 0 aliphatic heterocycles. The zero-order valence-electron chi connectivity index (χ0n) is 12.0. The van der Waals surface area contributed by atoms with E-state index in [4.69, 9.17) is 0 Å². The van der Waals surface area contributed by atoms with E-state index in [9.17, 15) is 13.2 Å². The second-order valence-corrected chi connectivity index (χ2v) is 4.94. The summed E-state index contributed by atoms with van der Waals surface area (Å²) in [7, 11) is 0. The second kappa shape index (κ2) is 6.30. The van der Waals surface area contributed by atoms with E-state index in [1.807, 2.05) is 38.1 Å². The van der Waals surface area contributed by atoms with Crippen LogP contribution in [0, 0.1) is 6.92 Å². The van der Waals surface area contributed by atoms with Gasteiger partial charge in [-0.15, -0.1) is 0 Å². The summed E-state index contributed by atoms with van der Waals surface area (Å²) in [6, 6.07) is 7.40. The van der Waals surface area contributed by atoms with E-state index < -0.39 is 11.9 Å². The third-order valence-electron chi connectivity index (χ3n) is 3.20. The molecule has 0 aliphatic rings. The van der Waals surface area contributed by atoms with Gasteiger partial charge in [0.1, 0.15) is 5.69 Å². The summed E-state index contributed by atoms with van der Waals surface area (Å²) in [5.74, 6) is 0. The Kier molecular flexibility index (Phi) is 4.67. The van der Waals surface area contributed by atoms with E-state index >= 15 is 0 Å². The highest BCUT2D eigenvalue weighted by Gasteiger charge is 2.37. The maximum absolute atomic E-state index is 13.2. The van der Waals surface area contributed by atoms with Crippen molar-refractivity contribution in [2.75, 3.05) is 6.54 Å². The topological polar surface area (TPSA) is 29.9 Å². The maximum Gasteiger partial charge on any atom is 0.433 e. The number of hydrogen-bond acceptors (Lipinski definition) is 2. The van der Waals surface area contributed by atoms with E-state index in [0.29, 0.717) is 6.54 Å². The number of aromatic nitrogens is 2. The molecule has 6 heteroatoms. The molecule has 0 aliphatic carbocycles. The summed E-state index contributed by atoms with van der Waals surface area (Å²) in [6.45, 7) is 4.68. The van der Waals surface area contributed by atoms with Crippen LogP contribution in [-0.2, 0) is 19.3 Å². The molecule has 0 saturated heterocycles. The molecule has 0 unspecified atom stereocenters. The van der Waals surface area contributed by atoms with Gasteiger partial charge >= 0.3 is 6.18 Å². The first kappa shape index (κ1) is 15.6. The van der Waals surface area contributed by atoms with Gasteiger partial charge in [-0.1, -0.05) is 36.8 Å². The second-order valence-electron chi connectivity index (χ2n) is 4.94. The van der Waals surface area contributed by atoms with Crippen molar-refractivity contribution in [3.8, 4) is 0 Å². The summed E-state index contributed by atoms with van der Waals surface area (Å²) in [6.07, 6.45) is -3.12. The molecule has 0 saturated carbocycles. The molecule has 1 heterocycles. The first-order valence-electron chi connectivity index (χ1n) is 6.80. The maximum atomic E-state index is 13.2. The number of halogens is 3. The van der Waals surface area contributed by atoms with Crippen molar-refractivity contribution in [3.63, 3.8) is 0 Å². The molecular formula is C15H18F3N3. The van der Waals surface area contributed by atoms with Crippen LogP contribution in [0.4, 0.5) is 13.2 Å². The number of hydrogen-bond donors (Lipinski definition) is 1. The predicted molar refractivity (Wildman–Crippen MR) is 74.9 cm³/mol. The number of alkyl halides is 3. The quantitative estimate of drug-likeness (QED) is 0.917. The third-order valence-corrected chi connectivity index (χ3v) is 3.20. The number of rotatable bonds is 5. The van der Waals surface area contributed by atoms with Gasteiger partial charge in [-0.05, 0) is 19.0 Å². The minimum Gasteiger partial charge on any atom is -0.313 e. The third kappa shape index (κ3) is 3.85. The molecule has 114 valence electrons. The van der Waals surface area contributed by atoms with E-state index in [1.165, 1.54) is 6.20 Å². The fourth-order valence-electron chi connectivity index (χ4n) is 2.13. The van der Waals surface area contributed by atoms with Crippen molar-refractivity contribution in [1.82, 2.24) is 15.1 Å². The van der Waals surface area contributed by atoms with Gasteiger partial charge in [-0.3, -0.25) is 4.68 Å². The summed E-state index contributed by atoms with van der Waals surface area (Å²) >= 11 is 0. The van der Waals surface area contributed by atoms with Crippen LogP contribution >= 0.6 is 0 Å². The Morgan fingerprint density at radius 1 is 1.19 bits per heavy atom. The van der Waals surface area contributed by atoms with Crippen LogP contribution in [0.5, 0.6) is 0 Å². The number of nitrogens with one attached hydrogen (secondary N) is 1. The average molecular weight is 297 g/mol. The minimum atomic E-state index is -4.41. The average Bonchev–Trinajstić information content (AvgIpc) is 2.82. The van der Waals surface area contributed by atoms with Crippen LogP contribution in [0.15, 0.2) is 30.5 Å². The van der Waals surface area contributed by atoms with Gasteiger partial charge in [-0.2, -0.15) is 18.3 Å². The van der Waals surface area contributed by atoms with Crippen LogP contribution in [0.3, 0.4) is 0 Å². The van der Waals surface area contributed by atoms with Gasteiger partial charge in [0.2, 0.25) is 0 Å². The molecule has 2 rings (SSSR count). The number of aryl methyl sites for hydroxylation is 1. The standard InChI is InChI=1S/C15H18F3N3/c1-3-19-8-13-9-20-21(14(13)15(16,17)18)10-12-6-4-11(2)5-7-12/h4-7,9,19H,3,8,10H2,1-2H3. The summed E-state index contributed by atoms with van der Waals surface area (Å²) in [5, 5.41) is 6.82. The smallest absolute Gasteiger partial charge is 0.313 e. The molecule has 1 N–H and O–H groups in total. The molecule has 0 spiro atoms. The molecule has 0 radical (unpaired) electrons.